The van der Waals surface area contributed by atoms with Crippen LogP contribution in [0.4, 0.5) is 4.39 Å². The fourth-order valence-electron chi connectivity index (χ4n) is 2.58. The van der Waals surface area contributed by atoms with Crippen LogP contribution in [0.25, 0.3) is 10.4 Å². The summed E-state index contributed by atoms with van der Waals surface area (Å²) in [6, 6.07) is -0.987. The Bertz CT molecular complexity index is 519. The topological polar surface area (TPSA) is 127 Å². The molecule has 1 aliphatic heterocycles. The lowest BCUT2D eigenvalue weighted by Crippen LogP contribution is -2.45. The van der Waals surface area contributed by atoms with Gasteiger partial charge in [-0.15, -0.1) is 0 Å². The highest BCUT2D eigenvalue weighted by Gasteiger charge is 2.56. The zero-order valence-electron chi connectivity index (χ0n) is 10.4. The van der Waals surface area contributed by atoms with Crippen LogP contribution < -0.4 is 0 Å². The molecule has 0 unspecified atom stereocenters. The van der Waals surface area contributed by atoms with E-state index in [4.69, 9.17) is 5.53 Å². The molecule has 1 saturated carbocycles. The monoisotopic (exact) mass is 284 g/mol. The van der Waals surface area contributed by atoms with Gasteiger partial charge in [-0.25, -0.2) is 4.39 Å². The molecule has 9 heteroatoms. The second-order valence-electron chi connectivity index (χ2n) is 4.87. The van der Waals surface area contributed by atoms with Gasteiger partial charge < -0.3 is 15.1 Å². The molecular formula is C11H13FN4O4. The lowest BCUT2D eigenvalue weighted by molar-refractivity contribution is -0.136. The number of aliphatic hydroxyl groups excluding tert-OH is 2. The molecule has 4 atom stereocenters. The van der Waals surface area contributed by atoms with E-state index in [1.165, 1.54) is 6.20 Å². The summed E-state index contributed by atoms with van der Waals surface area (Å²) in [4.78, 5) is 26.4. The maximum atomic E-state index is 14.1. The van der Waals surface area contributed by atoms with Crippen LogP contribution in [0.5, 0.6) is 0 Å². The summed E-state index contributed by atoms with van der Waals surface area (Å²) in [6.45, 7) is -0.781. The highest BCUT2D eigenvalue weighted by Crippen LogP contribution is 2.39. The molecule has 2 aliphatic rings. The lowest BCUT2D eigenvalue weighted by atomic mass is 9.98. The van der Waals surface area contributed by atoms with Crippen molar-refractivity contribution in [3.63, 3.8) is 0 Å². The molecule has 2 N–H and O–H groups in total. The largest absolute Gasteiger partial charge is 0.396 e. The van der Waals surface area contributed by atoms with E-state index in [0.717, 1.165) is 11.0 Å². The van der Waals surface area contributed by atoms with Crippen molar-refractivity contribution < 1.29 is 24.2 Å². The molecule has 0 aromatic heterocycles. The van der Waals surface area contributed by atoms with Crippen molar-refractivity contribution in [1.82, 2.24) is 4.90 Å². The van der Waals surface area contributed by atoms with Crippen LogP contribution in [-0.4, -0.2) is 57.3 Å². The number of alkyl halides is 1. The molecule has 0 aromatic rings. The molecule has 0 saturated heterocycles. The Morgan fingerprint density at radius 1 is 1.60 bits per heavy atom. The van der Waals surface area contributed by atoms with Crippen molar-refractivity contribution in [3.8, 4) is 0 Å². The molecule has 2 rings (SSSR count). The highest BCUT2D eigenvalue weighted by molar-refractivity contribution is 6.06. The van der Waals surface area contributed by atoms with E-state index in [9.17, 15) is 24.2 Å². The molecule has 0 radical (unpaired) electrons. The molecule has 108 valence electrons. The van der Waals surface area contributed by atoms with Crippen molar-refractivity contribution in [2.45, 2.75) is 36.7 Å². The first-order valence-electron chi connectivity index (χ1n) is 5.96. The van der Waals surface area contributed by atoms with Gasteiger partial charge in [-0.3, -0.25) is 9.59 Å². The summed E-state index contributed by atoms with van der Waals surface area (Å²) in [5.74, 6) is -0.942. The van der Waals surface area contributed by atoms with Gasteiger partial charge in [0.1, 0.15) is 17.8 Å². The maximum absolute atomic E-state index is 14.1. The van der Waals surface area contributed by atoms with Crippen LogP contribution in [-0.2, 0) is 9.59 Å². The average Bonchev–Trinajstić information content (AvgIpc) is 2.65. The number of ketones is 1. The van der Waals surface area contributed by atoms with E-state index < -0.39 is 36.4 Å². The Kier molecular flexibility index (Phi) is 3.76. The predicted octanol–water partition coefficient (Wildman–Crippen LogP) is -0.186. The van der Waals surface area contributed by atoms with Crippen LogP contribution in [0.2, 0.25) is 0 Å². The number of carbonyl (C=O) groups is 2. The quantitative estimate of drug-likeness (QED) is 0.322. The standard InChI is InChI=1S/C11H13FN4O4/c12-10-9(20)7(4-11(10,5-17)14-15-13)16-2-1-6(18)3-8(16)19/h1-2,7,9-10,17,20H,3-5H2/t7-,9+,10-,11+/m1/s1. The van der Waals surface area contributed by atoms with Crippen molar-refractivity contribution in [2.24, 2.45) is 5.11 Å². The van der Waals surface area contributed by atoms with Crippen molar-refractivity contribution in [2.75, 3.05) is 6.61 Å². The lowest BCUT2D eigenvalue weighted by Gasteiger charge is -2.29. The SMILES string of the molecule is [N-]=[N+]=N[C@]1(CO)C[C@@H](N2C=CC(=O)CC2=O)[C@H](O)[C@H]1F. The Morgan fingerprint density at radius 2 is 2.30 bits per heavy atom. The summed E-state index contributed by atoms with van der Waals surface area (Å²) in [6.07, 6.45) is -1.84. The van der Waals surface area contributed by atoms with Crippen LogP contribution >= 0.6 is 0 Å². The zero-order valence-corrected chi connectivity index (χ0v) is 10.4. The zero-order chi connectivity index (χ0) is 14.9. The number of rotatable bonds is 3. The number of aliphatic hydroxyl groups is 2. The number of azide groups is 1. The van der Waals surface area contributed by atoms with E-state index in [-0.39, 0.29) is 18.6 Å². The normalized spacial score (nSPS) is 37.1. The molecule has 20 heavy (non-hydrogen) atoms. The maximum Gasteiger partial charge on any atom is 0.234 e. The average molecular weight is 284 g/mol. The van der Waals surface area contributed by atoms with Crippen LogP contribution in [0.15, 0.2) is 17.4 Å². The van der Waals surface area contributed by atoms with Gasteiger partial charge in [0.25, 0.3) is 0 Å². The van der Waals surface area contributed by atoms with Gasteiger partial charge in [0.05, 0.1) is 19.1 Å². The molecule has 0 bridgehead atoms. The number of carbonyl (C=O) groups excluding carboxylic acids is 2. The predicted molar refractivity (Wildman–Crippen MR) is 63.9 cm³/mol. The highest BCUT2D eigenvalue weighted by atomic mass is 19.1. The number of amides is 1. The fourth-order valence-corrected chi connectivity index (χ4v) is 2.58. The molecule has 8 nitrogen and oxygen atoms in total. The Labute approximate surface area is 113 Å². The second-order valence-corrected chi connectivity index (χ2v) is 4.87. The van der Waals surface area contributed by atoms with Gasteiger partial charge in [-0.05, 0) is 18.0 Å². The number of allylic oxidation sites excluding steroid dienone is 1. The summed E-state index contributed by atoms with van der Waals surface area (Å²) >= 11 is 0. The second kappa shape index (κ2) is 5.20. The summed E-state index contributed by atoms with van der Waals surface area (Å²) in [5.41, 5.74) is 6.67. The van der Waals surface area contributed by atoms with Crippen LogP contribution in [0.3, 0.4) is 0 Å². The number of hydrogen-bond acceptors (Lipinski definition) is 5. The molecule has 0 aromatic carbocycles. The van der Waals surface area contributed by atoms with E-state index in [2.05, 4.69) is 10.0 Å². The third-order valence-electron chi connectivity index (χ3n) is 3.68. The number of hydrogen-bond donors (Lipinski definition) is 2. The molecule has 1 amide bonds. The smallest absolute Gasteiger partial charge is 0.234 e. The van der Waals surface area contributed by atoms with Crippen LogP contribution in [0, 0.1) is 0 Å². The van der Waals surface area contributed by atoms with Gasteiger partial charge in [0.15, 0.2) is 5.78 Å². The molecule has 1 aliphatic carbocycles. The fraction of sp³-hybridized carbons (Fsp3) is 0.636. The third kappa shape index (κ3) is 2.15. The van der Waals surface area contributed by atoms with Gasteiger partial charge in [0.2, 0.25) is 5.91 Å². The minimum atomic E-state index is -1.99. The first-order chi connectivity index (χ1) is 9.45. The first-order valence-corrected chi connectivity index (χ1v) is 5.96. The van der Waals surface area contributed by atoms with Crippen molar-refractivity contribution in [1.29, 1.82) is 0 Å². The van der Waals surface area contributed by atoms with E-state index >= 15 is 0 Å². The van der Waals surface area contributed by atoms with Gasteiger partial charge in [-0.1, -0.05) is 5.11 Å². The Morgan fingerprint density at radius 3 is 2.85 bits per heavy atom. The number of halogens is 1. The Hall–Kier alpha value is -1.96. The first kappa shape index (κ1) is 14.4. The molecule has 0 spiro atoms. The summed E-state index contributed by atoms with van der Waals surface area (Å²) in [5, 5.41) is 22.4. The molecule has 1 heterocycles. The minimum absolute atomic E-state index is 0.222. The number of nitrogens with zero attached hydrogens (tertiary/aromatic N) is 4. The van der Waals surface area contributed by atoms with Gasteiger partial charge in [0, 0.05) is 11.1 Å². The Balaban J connectivity index is 2.31. The van der Waals surface area contributed by atoms with Gasteiger partial charge >= 0.3 is 0 Å². The minimum Gasteiger partial charge on any atom is -0.396 e. The molecular weight excluding hydrogens is 271 g/mol. The third-order valence-corrected chi connectivity index (χ3v) is 3.68. The van der Waals surface area contributed by atoms with E-state index in [1.807, 2.05) is 0 Å². The van der Waals surface area contributed by atoms with Gasteiger partial charge in [-0.2, -0.15) is 0 Å². The van der Waals surface area contributed by atoms with Crippen molar-refractivity contribution >= 4 is 11.7 Å². The van der Waals surface area contributed by atoms with Crippen molar-refractivity contribution in [3.05, 3.63) is 22.7 Å². The summed E-state index contributed by atoms with van der Waals surface area (Å²) in [7, 11) is 0. The summed E-state index contributed by atoms with van der Waals surface area (Å²) < 4.78 is 14.1. The van der Waals surface area contributed by atoms with E-state index in [0.29, 0.717) is 0 Å². The molecule has 1 fully saturated rings. The van der Waals surface area contributed by atoms with E-state index in [1.54, 1.807) is 0 Å². The van der Waals surface area contributed by atoms with Crippen LogP contribution in [0.1, 0.15) is 12.8 Å².